The van der Waals surface area contributed by atoms with Crippen LogP contribution in [-0.4, -0.2) is 67.0 Å². The molecule has 0 bridgehead atoms. The van der Waals surface area contributed by atoms with Gasteiger partial charge in [-0.25, -0.2) is 0 Å². The molecule has 0 aliphatic rings. The highest BCUT2D eigenvalue weighted by atomic mass is 32.2. The van der Waals surface area contributed by atoms with E-state index >= 15 is 0 Å². The molecule has 0 fully saturated rings. The largest absolute Gasteiger partial charge is 0.514 e. The molecule has 0 aromatic carbocycles. The van der Waals surface area contributed by atoms with Gasteiger partial charge in [-0.2, -0.15) is 0 Å². The van der Waals surface area contributed by atoms with E-state index in [4.69, 9.17) is 26.6 Å². The summed E-state index contributed by atoms with van der Waals surface area (Å²) in [6.45, 7) is 19.9. The molecule has 0 rings (SSSR count). The molecule has 2 atom stereocenters. The zero-order valence-electron chi connectivity index (χ0n) is 20.1. The van der Waals surface area contributed by atoms with Crippen LogP contribution in [0.3, 0.4) is 0 Å². The predicted octanol–water partition coefficient (Wildman–Crippen LogP) is 5.23. The van der Waals surface area contributed by atoms with Gasteiger partial charge in [0.2, 0.25) is 0 Å². The molecule has 0 saturated carbocycles. The van der Waals surface area contributed by atoms with Crippen LogP contribution in [-0.2, 0) is 26.6 Å². The molecule has 6 nitrogen and oxygen atoms in total. The molecule has 9 heteroatoms. The predicted molar refractivity (Wildman–Crippen MR) is 126 cm³/mol. The quantitative estimate of drug-likeness (QED) is 0.226. The van der Waals surface area contributed by atoms with E-state index in [1.807, 2.05) is 53.3 Å². The average Bonchev–Trinajstić information content (AvgIpc) is 2.68. The first-order valence-corrected chi connectivity index (χ1v) is 16.0. The van der Waals surface area contributed by atoms with Gasteiger partial charge in [0, 0.05) is 39.6 Å². The molecule has 0 aliphatic carbocycles. The highest BCUT2D eigenvalue weighted by Gasteiger charge is 2.56. The number of thioether (sulfide) groups is 1. The van der Waals surface area contributed by atoms with Crippen molar-refractivity contribution in [2.45, 2.75) is 90.8 Å². The molecule has 0 saturated heterocycles. The standard InChI is InChI=1S/C20H46O6SSi2/c1-9-17-19(28(21-11-3,22-12-4)23-13-5)27-20(18-10-2)29(24-14-6,25-15-7)26-16-8/h19-20H,9-18H2,1-8H3. The maximum atomic E-state index is 6.26. The van der Waals surface area contributed by atoms with Crippen LogP contribution in [0.2, 0.25) is 0 Å². The van der Waals surface area contributed by atoms with Crippen LogP contribution in [0.5, 0.6) is 0 Å². The van der Waals surface area contributed by atoms with Crippen molar-refractivity contribution >= 4 is 29.4 Å². The van der Waals surface area contributed by atoms with Crippen molar-refractivity contribution in [3.8, 4) is 0 Å². The molecule has 0 heterocycles. The summed E-state index contributed by atoms with van der Waals surface area (Å²) in [5, 5.41) is 0. The van der Waals surface area contributed by atoms with Gasteiger partial charge in [0.15, 0.2) is 0 Å². The van der Waals surface area contributed by atoms with Gasteiger partial charge in [-0.05, 0) is 54.4 Å². The second-order valence-corrected chi connectivity index (χ2v) is 14.3. The van der Waals surface area contributed by atoms with Gasteiger partial charge in [-0.15, -0.1) is 11.8 Å². The minimum absolute atomic E-state index is 0.122. The summed E-state index contributed by atoms with van der Waals surface area (Å²) >= 11 is 1.87. The topological polar surface area (TPSA) is 55.4 Å². The van der Waals surface area contributed by atoms with Gasteiger partial charge in [0.1, 0.15) is 0 Å². The van der Waals surface area contributed by atoms with Crippen molar-refractivity contribution in [3.05, 3.63) is 0 Å². The lowest BCUT2D eigenvalue weighted by Gasteiger charge is -2.40. The minimum Gasteiger partial charge on any atom is -0.373 e. The van der Waals surface area contributed by atoms with Crippen LogP contribution in [0.15, 0.2) is 0 Å². The molecule has 176 valence electrons. The zero-order valence-corrected chi connectivity index (χ0v) is 22.9. The average molecular weight is 471 g/mol. The molecular formula is C20H46O6SSi2. The second kappa shape index (κ2) is 17.1. The lowest BCUT2D eigenvalue weighted by atomic mass is 10.4. The third-order valence-corrected chi connectivity index (χ3v) is 14.3. The van der Waals surface area contributed by atoms with Gasteiger partial charge < -0.3 is 26.6 Å². The van der Waals surface area contributed by atoms with Crippen LogP contribution in [0, 0.1) is 0 Å². The van der Waals surface area contributed by atoms with Crippen molar-refractivity contribution in [1.82, 2.24) is 0 Å². The van der Waals surface area contributed by atoms with Crippen molar-refractivity contribution in [2.24, 2.45) is 0 Å². The van der Waals surface area contributed by atoms with Crippen LogP contribution in [0.25, 0.3) is 0 Å². The Labute approximate surface area is 186 Å². The Hall–Kier alpha value is 0.544. The highest BCUT2D eigenvalue weighted by Crippen LogP contribution is 2.39. The molecule has 0 spiro atoms. The van der Waals surface area contributed by atoms with E-state index in [0.29, 0.717) is 39.6 Å². The Balaban J connectivity index is 6.07. The summed E-state index contributed by atoms with van der Waals surface area (Å²) in [6, 6.07) is 0. The zero-order chi connectivity index (χ0) is 22.2. The monoisotopic (exact) mass is 470 g/mol. The van der Waals surface area contributed by atoms with Crippen LogP contribution < -0.4 is 0 Å². The highest BCUT2D eigenvalue weighted by molar-refractivity contribution is 8.03. The fraction of sp³-hybridized carbons (Fsp3) is 1.00. The number of rotatable bonds is 20. The third-order valence-electron chi connectivity index (χ3n) is 4.29. The van der Waals surface area contributed by atoms with E-state index in [0.717, 1.165) is 25.7 Å². The van der Waals surface area contributed by atoms with Crippen LogP contribution >= 0.6 is 11.8 Å². The summed E-state index contributed by atoms with van der Waals surface area (Å²) in [5.74, 6) is 0. The maximum Gasteiger partial charge on any atom is 0.514 e. The molecule has 0 N–H and O–H groups in total. The second-order valence-electron chi connectivity index (χ2n) is 6.50. The van der Waals surface area contributed by atoms with Crippen molar-refractivity contribution in [2.75, 3.05) is 39.6 Å². The molecule has 0 aromatic rings. The van der Waals surface area contributed by atoms with E-state index in [1.54, 1.807) is 0 Å². The molecule has 2 unspecified atom stereocenters. The molecule has 29 heavy (non-hydrogen) atoms. The first kappa shape index (κ1) is 29.5. The fourth-order valence-electron chi connectivity index (χ4n) is 3.39. The Morgan fingerprint density at radius 2 is 0.724 bits per heavy atom. The van der Waals surface area contributed by atoms with Gasteiger partial charge in [-0.3, -0.25) is 0 Å². The molecule has 0 radical (unpaired) electrons. The Kier molecular flexibility index (Phi) is 17.5. The molecule has 0 amide bonds. The van der Waals surface area contributed by atoms with E-state index in [-0.39, 0.29) is 9.75 Å². The lowest BCUT2D eigenvalue weighted by molar-refractivity contribution is 0.0669. The lowest BCUT2D eigenvalue weighted by Crippen LogP contribution is -2.60. The molecule has 0 aromatic heterocycles. The van der Waals surface area contributed by atoms with E-state index < -0.39 is 17.6 Å². The first-order valence-electron chi connectivity index (χ1n) is 11.5. The van der Waals surface area contributed by atoms with E-state index in [1.165, 1.54) is 0 Å². The normalized spacial score (nSPS) is 14.9. The third kappa shape index (κ3) is 9.28. The summed E-state index contributed by atoms with van der Waals surface area (Å²) in [6.07, 6.45) is 3.99. The Morgan fingerprint density at radius 3 is 0.897 bits per heavy atom. The SMILES string of the molecule is CCCC(SC(CCC)[Si](OCC)(OCC)OCC)[Si](OCC)(OCC)OCC. The summed E-state index contributed by atoms with van der Waals surface area (Å²) in [7, 11) is -5.73. The smallest absolute Gasteiger partial charge is 0.373 e. The number of hydrogen-bond donors (Lipinski definition) is 0. The van der Waals surface area contributed by atoms with Gasteiger partial charge >= 0.3 is 17.6 Å². The van der Waals surface area contributed by atoms with E-state index in [9.17, 15) is 0 Å². The van der Waals surface area contributed by atoms with Gasteiger partial charge in [0.25, 0.3) is 0 Å². The minimum atomic E-state index is -2.87. The van der Waals surface area contributed by atoms with Crippen molar-refractivity contribution < 1.29 is 26.6 Å². The van der Waals surface area contributed by atoms with Crippen LogP contribution in [0.4, 0.5) is 0 Å². The van der Waals surface area contributed by atoms with Crippen LogP contribution in [0.1, 0.15) is 81.1 Å². The van der Waals surface area contributed by atoms with Crippen molar-refractivity contribution in [3.63, 3.8) is 0 Å². The summed E-state index contributed by atoms with van der Waals surface area (Å²) < 4.78 is 37.6. The summed E-state index contributed by atoms with van der Waals surface area (Å²) in [5.41, 5.74) is 0. The van der Waals surface area contributed by atoms with Crippen molar-refractivity contribution in [1.29, 1.82) is 0 Å². The first-order chi connectivity index (χ1) is 14.0. The number of hydrogen-bond acceptors (Lipinski definition) is 7. The van der Waals surface area contributed by atoms with E-state index in [2.05, 4.69) is 13.8 Å². The molecule has 0 aliphatic heterocycles. The fourth-order valence-corrected chi connectivity index (χ4v) is 13.8. The van der Waals surface area contributed by atoms with Gasteiger partial charge in [-0.1, -0.05) is 26.7 Å². The Bertz CT molecular complexity index is 324. The Morgan fingerprint density at radius 1 is 0.483 bits per heavy atom. The maximum absolute atomic E-state index is 6.26. The van der Waals surface area contributed by atoms with Gasteiger partial charge in [0.05, 0.1) is 9.75 Å². The molecular weight excluding hydrogens is 424 g/mol. The summed E-state index contributed by atoms with van der Waals surface area (Å²) in [4.78, 5) is 0.245.